The van der Waals surface area contributed by atoms with Crippen LogP contribution in [-0.4, -0.2) is 11.1 Å². The van der Waals surface area contributed by atoms with Gasteiger partial charge in [0, 0.05) is 6.08 Å². The van der Waals surface area contributed by atoms with E-state index in [0.717, 1.165) is 12.8 Å². The summed E-state index contributed by atoms with van der Waals surface area (Å²) in [5, 5.41) is 8.49. The largest absolute Gasteiger partial charge is 0.478 e. The maximum Gasteiger partial charge on any atom is 0.327 e. The average molecular weight is 367 g/mol. The Labute approximate surface area is 163 Å². The van der Waals surface area contributed by atoms with Gasteiger partial charge in [0.25, 0.3) is 0 Å². The zero-order chi connectivity index (χ0) is 19.1. The second-order valence-corrected chi connectivity index (χ2v) is 7.89. The summed E-state index contributed by atoms with van der Waals surface area (Å²) in [6, 6.07) is 0. The molecule has 0 rings (SSSR count). The summed E-state index contributed by atoms with van der Waals surface area (Å²) in [6.07, 6.45) is 30.4. The van der Waals surface area contributed by atoms with E-state index in [1.165, 1.54) is 122 Å². The molecule has 0 spiro atoms. The molecule has 2 nitrogen and oxygen atoms in total. The highest BCUT2D eigenvalue weighted by Crippen LogP contribution is 2.14. The van der Waals surface area contributed by atoms with Crippen LogP contribution in [0.4, 0.5) is 0 Å². The van der Waals surface area contributed by atoms with E-state index in [2.05, 4.69) is 6.92 Å². The van der Waals surface area contributed by atoms with E-state index in [1.807, 2.05) is 0 Å². The van der Waals surface area contributed by atoms with Gasteiger partial charge < -0.3 is 5.11 Å². The van der Waals surface area contributed by atoms with E-state index in [9.17, 15) is 4.79 Å². The Bertz CT molecular complexity index is 309. The predicted molar refractivity (Wildman–Crippen MR) is 115 cm³/mol. The van der Waals surface area contributed by atoms with E-state index < -0.39 is 5.97 Å². The van der Waals surface area contributed by atoms with Crippen molar-refractivity contribution in [1.29, 1.82) is 0 Å². The lowest BCUT2D eigenvalue weighted by atomic mass is 10.0. The molecular weight excluding hydrogens is 320 g/mol. The van der Waals surface area contributed by atoms with E-state index in [1.54, 1.807) is 6.08 Å². The van der Waals surface area contributed by atoms with E-state index in [-0.39, 0.29) is 0 Å². The summed E-state index contributed by atoms with van der Waals surface area (Å²) >= 11 is 0. The Morgan fingerprint density at radius 1 is 0.577 bits per heavy atom. The molecule has 0 aliphatic carbocycles. The van der Waals surface area contributed by atoms with Crippen LogP contribution < -0.4 is 0 Å². The molecule has 0 aromatic carbocycles. The van der Waals surface area contributed by atoms with Crippen LogP contribution in [0.25, 0.3) is 0 Å². The van der Waals surface area contributed by atoms with Crippen molar-refractivity contribution in [2.45, 2.75) is 135 Å². The van der Waals surface area contributed by atoms with Crippen LogP contribution in [-0.2, 0) is 4.79 Å². The van der Waals surface area contributed by atoms with Gasteiger partial charge in [-0.15, -0.1) is 0 Å². The molecule has 0 saturated heterocycles. The molecule has 0 aliphatic rings. The minimum Gasteiger partial charge on any atom is -0.478 e. The van der Waals surface area contributed by atoms with Gasteiger partial charge in [-0.3, -0.25) is 0 Å². The molecule has 154 valence electrons. The standard InChI is InChI=1S/C24H46O2/c1-2-3-4-5-6-7-8-9-10-11-12-13-14-15-16-17-18-19-20-21-22-23-24(25)26/h22-23H,2-21H2,1H3,(H,25,26)/b23-22+. The summed E-state index contributed by atoms with van der Waals surface area (Å²) in [5.41, 5.74) is 0. The maximum absolute atomic E-state index is 10.3. The van der Waals surface area contributed by atoms with Crippen LogP contribution in [0.5, 0.6) is 0 Å². The van der Waals surface area contributed by atoms with Crippen LogP contribution in [0.15, 0.2) is 12.2 Å². The number of unbranched alkanes of at least 4 members (excludes halogenated alkanes) is 19. The second kappa shape index (κ2) is 22.3. The fraction of sp³-hybridized carbons (Fsp3) is 0.875. The van der Waals surface area contributed by atoms with Crippen molar-refractivity contribution in [2.75, 3.05) is 0 Å². The summed E-state index contributed by atoms with van der Waals surface area (Å²) in [5.74, 6) is -0.831. The monoisotopic (exact) mass is 366 g/mol. The van der Waals surface area contributed by atoms with Gasteiger partial charge in [0.15, 0.2) is 0 Å². The molecule has 0 saturated carbocycles. The van der Waals surface area contributed by atoms with Crippen molar-refractivity contribution < 1.29 is 9.90 Å². The molecule has 26 heavy (non-hydrogen) atoms. The highest BCUT2D eigenvalue weighted by molar-refractivity contribution is 5.79. The zero-order valence-electron chi connectivity index (χ0n) is 17.7. The maximum atomic E-state index is 10.3. The predicted octanol–water partition coefficient (Wildman–Crippen LogP) is 8.45. The average Bonchev–Trinajstić information content (AvgIpc) is 2.62. The zero-order valence-corrected chi connectivity index (χ0v) is 17.7. The van der Waals surface area contributed by atoms with E-state index >= 15 is 0 Å². The number of carboxylic acids is 1. The SMILES string of the molecule is CCCCCCCCCCCCCCCCCCCCC/C=C/C(=O)O. The highest BCUT2D eigenvalue weighted by atomic mass is 16.4. The molecule has 0 bridgehead atoms. The summed E-state index contributed by atoms with van der Waals surface area (Å²) in [6.45, 7) is 2.29. The van der Waals surface area contributed by atoms with Crippen molar-refractivity contribution in [3.05, 3.63) is 12.2 Å². The quantitative estimate of drug-likeness (QED) is 0.163. The summed E-state index contributed by atoms with van der Waals surface area (Å²) in [7, 11) is 0. The molecule has 0 unspecified atom stereocenters. The molecule has 0 heterocycles. The number of carboxylic acid groups (broad SMARTS) is 1. The lowest BCUT2D eigenvalue weighted by Gasteiger charge is -2.03. The van der Waals surface area contributed by atoms with Crippen molar-refractivity contribution in [1.82, 2.24) is 0 Å². The molecule has 0 amide bonds. The van der Waals surface area contributed by atoms with Crippen LogP contribution in [0.2, 0.25) is 0 Å². The second-order valence-electron chi connectivity index (χ2n) is 7.89. The van der Waals surface area contributed by atoms with Crippen LogP contribution >= 0.6 is 0 Å². The Balaban J connectivity index is 3.02. The Morgan fingerprint density at radius 3 is 1.19 bits per heavy atom. The fourth-order valence-corrected chi connectivity index (χ4v) is 3.52. The first-order chi connectivity index (χ1) is 12.8. The molecule has 0 atom stereocenters. The number of aliphatic carboxylic acids is 1. The Hall–Kier alpha value is -0.790. The first-order valence-electron chi connectivity index (χ1n) is 11.7. The molecule has 2 heteroatoms. The number of hydrogen-bond donors (Lipinski definition) is 1. The van der Waals surface area contributed by atoms with Gasteiger partial charge in [-0.1, -0.05) is 129 Å². The smallest absolute Gasteiger partial charge is 0.327 e. The van der Waals surface area contributed by atoms with Crippen LogP contribution in [0.3, 0.4) is 0 Å². The van der Waals surface area contributed by atoms with Gasteiger partial charge in [0.1, 0.15) is 0 Å². The van der Waals surface area contributed by atoms with Crippen LogP contribution in [0, 0.1) is 0 Å². The van der Waals surface area contributed by atoms with Gasteiger partial charge in [0.05, 0.1) is 0 Å². The van der Waals surface area contributed by atoms with Crippen LogP contribution in [0.1, 0.15) is 135 Å². The topological polar surface area (TPSA) is 37.3 Å². The molecule has 0 aliphatic heterocycles. The highest BCUT2D eigenvalue weighted by Gasteiger charge is 1.95. The summed E-state index contributed by atoms with van der Waals surface area (Å²) < 4.78 is 0. The summed E-state index contributed by atoms with van der Waals surface area (Å²) in [4.78, 5) is 10.3. The first kappa shape index (κ1) is 25.2. The lowest BCUT2D eigenvalue weighted by Crippen LogP contribution is -1.86. The molecule has 0 aromatic heterocycles. The molecule has 0 aromatic rings. The van der Waals surface area contributed by atoms with Crippen molar-refractivity contribution >= 4 is 5.97 Å². The first-order valence-corrected chi connectivity index (χ1v) is 11.7. The van der Waals surface area contributed by atoms with Gasteiger partial charge in [0.2, 0.25) is 0 Å². The normalized spacial score (nSPS) is 11.4. The van der Waals surface area contributed by atoms with E-state index in [4.69, 9.17) is 5.11 Å². The van der Waals surface area contributed by atoms with Crippen molar-refractivity contribution in [2.24, 2.45) is 0 Å². The molecule has 0 fully saturated rings. The lowest BCUT2D eigenvalue weighted by molar-refractivity contribution is -0.131. The molecule has 0 radical (unpaired) electrons. The third-order valence-corrected chi connectivity index (χ3v) is 5.23. The van der Waals surface area contributed by atoms with Crippen molar-refractivity contribution in [3.8, 4) is 0 Å². The van der Waals surface area contributed by atoms with E-state index in [0.29, 0.717) is 0 Å². The molecular formula is C24H46O2. The number of hydrogen-bond acceptors (Lipinski definition) is 1. The Kier molecular flexibility index (Phi) is 21.6. The minimum atomic E-state index is -0.831. The fourth-order valence-electron chi connectivity index (χ4n) is 3.52. The molecule has 1 N–H and O–H groups in total. The van der Waals surface area contributed by atoms with Gasteiger partial charge in [-0.25, -0.2) is 4.79 Å². The third kappa shape index (κ3) is 23.2. The number of carbonyl (C=O) groups is 1. The van der Waals surface area contributed by atoms with Gasteiger partial charge in [-0.05, 0) is 12.8 Å². The van der Waals surface area contributed by atoms with Gasteiger partial charge >= 0.3 is 5.97 Å². The third-order valence-electron chi connectivity index (χ3n) is 5.23. The van der Waals surface area contributed by atoms with Gasteiger partial charge in [-0.2, -0.15) is 0 Å². The number of rotatable bonds is 21. The minimum absolute atomic E-state index is 0.831. The Morgan fingerprint density at radius 2 is 0.885 bits per heavy atom. The number of allylic oxidation sites excluding steroid dienone is 1. The van der Waals surface area contributed by atoms with Crippen molar-refractivity contribution in [3.63, 3.8) is 0 Å².